The van der Waals surface area contributed by atoms with E-state index in [0.717, 1.165) is 5.56 Å². The van der Waals surface area contributed by atoms with E-state index in [9.17, 15) is 9.90 Å². The van der Waals surface area contributed by atoms with Crippen molar-refractivity contribution in [2.24, 2.45) is 5.73 Å². The first-order valence-electron chi connectivity index (χ1n) is 4.35. The van der Waals surface area contributed by atoms with Crippen LogP contribution in [0.25, 0.3) is 0 Å². The Kier molecular flexibility index (Phi) is 3.65. The number of carboxylic acid groups (broad SMARTS) is 1. The quantitative estimate of drug-likeness (QED) is 0.679. The van der Waals surface area contributed by atoms with Gasteiger partial charge in [0.05, 0.1) is 6.61 Å². The van der Waals surface area contributed by atoms with E-state index in [2.05, 4.69) is 0 Å². The number of phenols is 1. The number of aromatic hydroxyl groups is 1. The Balaban J connectivity index is 2.97. The second-order valence-corrected chi connectivity index (χ2v) is 3.14. The van der Waals surface area contributed by atoms with Crippen molar-refractivity contribution in [2.45, 2.75) is 12.6 Å². The third-order valence-electron chi connectivity index (χ3n) is 2.01. The van der Waals surface area contributed by atoms with E-state index >= 15 is 0 Å². The van der Waals surface area contributed by atoms with Crippen LogP contribution in [0.5, 0.6) is 5.75 Å². The summed E-state index contributed by atoms with van der Waals surface area (Å²) >= 11 is 0. The predicted molar refractivity (Wildman–Crippen MR) is 53.4 cm³/mol. The van der Waals surface area contributed by atoms with Gasteiger partial charge in [0, 0.05) is 12.7 Å². The minimum atomic E-state index is -1.21. The summed E-state index contributed by atoms with van der Waals surface area (Å²) in [7, 11) is 1.54. The van der Waals surface area contributed by atoms with E-state index in [1.807, 2.05) is 0 Å². The molecule has 4 N–H and O–H groups in total. The van der Waals surface area contributed by atoms with Crippen LogP contribution >= 0.6 is 0 Å². The summed E-state index contributed by atoms with van der Waals surface area (Å²) < 4.78 is 4.87. The van der Waals surface area contributed by atoms with E-state index < -0.39 is 12.0 Å². The standard InChI is InChI=1S/C10H13NO4/c1-15-5-6-2-3-7(8(12)4-6)9(11)10(13)14/h2-4,9,12H,5,11H2,1H3,(H,13,14). The normalized spacial score (nSPS) is 12.4. The van der Waals surface area contributed by atoms with Crippen LogP contribution in [0, 0.1) is 0 Å². The van der Waals surface area contributed by atoms with Gasteiger partial charge in [-0.15, -0.1) is 0 Å². The summed E-state index contributed by atoms with van der Waals surface area (Å²) in [6.07, 6.45) is 0. The fourth-order valence-electron chi connectivity index (χ4n) is 1.24. The molecule has 82 valence electrons. The number of hydrogen-bond donors (Lipinski definition) is 3. The van der Waals surface area contributed by atoms with Crippen molar-refractivity contribution < 1.29 is 19.7 Å². The van der Waals surface area contributed by atoms with Crippen LogP contribution in [0.15, 0.2) is 18.2 Å². The van der Waals surface area contributed by atoms with Gasteiger partial charge in [0.25, 0.3) is 0 Å². The molecule has 0 aliphatic carbocycles. The first-order valence-corrected chi connectivity index (χ1v) is 4.35. The predicted octanol–water partition coefficient (Wildman–Crippen LogP) is 0.623. The summed E-state index contributed by atoms with van der Waals surface area (Å²) in [5.74, 6) is -1.30. The molecule has 1 aromatic rings. The molecule has 0 aromatic heterocycles. The number of carbonyl (C=O) groups is 1. The van der Waals surface area contributed by atoms with Gasteiger partial charge < -0.3 is 20.7 Å². The van der Waals surface area contributed by atoms with Crippen molar-refractivity contribution in [3.8, 4) is 5.75 Å². The molecular formula is C10H13NO4. The molecule has 0 heterocycles. The zero-order valence-corrected chi connectivity index (χ0v) is 8.30. The lowest BCUT2D eigenvalue weighted by atomic mass is 10.0. The lowest BCUT2D eigenvalue weighted by Crippen LogP contribution is -2.20. The second kappa shape index (κ2) is 4.77. The number of benzene rings is 1. The average Bonchev–Trinajstić information content (AvgIpc) is 2.17. The highest BCUT2D eigenvalue weighted by Crippen LogP contribution is 2.24. The Morgan fingerprint density at radius 2 is 2.27 bits per heavy atom. The largest absolute Gasteiger partial charge is 0.508 e. The van der Waals surface area contributed by atoms with Gasteiger partial charge in [-0.05, 0) is 11.6 Å². The minimum absolute atomic E-state index is 0.126. The molecule has 1 aromatic carbocycles. The molecule has 0 amide bonds. The van der Waals surface area contributed by atoms with E-state index in [1.165, 1.54) is 19.2 Å². The van der Waals surface area contributed by atoms with Crippen LogP contribution in [-0.4, -0.2) is 23.3 Å². The molecule has 0 saturated heterocycles. The maximum atomic E-state index is 10.6. The summed E-state index contributed by atoms with van der Waals surface area (Å²) in [5.41, 5.74) is 6.33. The highest BCUT2D eigenvalue weighted by molar-refractivity contribution is 5.76. The van der Waals surface area contributed by atoms with Gasteiger partial charge in [0.1, 0.15) is 11.8 Å². The number of nitrogens with two attached hydrogens (primary N) is 1. The van der Waals surface area contributed by atoms with Crippen LogP contribution in [0.1, 0.15) is 17.2 Å². The fourth-order valence-corrected chi connectivity index (χ4v) is 1.24. The second-order valence-electron chi connectivity index (χ2n) is 3.14. The van der Waals surface area contributed by atoms with E-state index in [0.29, 0.717) is 6.61 Å². The number of aliphatic carboxylic acids is 1. The van der Waals surface area contributed by atoms with E-state index in [4.69, 9.17) is 15.6 Å². The number of rotatable bonds is 4. The molecule has 1 atom stereocenters. The molecule has 0 bridgehead atoms. The molecule has 0 saturated carbocycles. The monoisotopic (exact) mass is 211 g/mol. The van der Waals surface area contributed by atoms with Crippen molar-refractivity contribution in [3.63, 3.8) is 0 Å². The van der Waals surface area contributed by atoms with Crippen molar-refractivity contribution in [2.75, 3.05) is 7.11 Å². The number of methoxy groups -OCH3 is 1. The van der Waals surface area contributed by atoms with Crippen LogP contribution in [0.2, 0.25) is 0 Å². The van der Waals surface area contributed by atoms with Gasteiger partial charge in [-0.2, -0.15) is 0 Å². The molecule has 0 aliphatic rings. The molecule has 5 nitrogen and oxygen atoms in total. The third-order valence-corrected chi connectivity index (χ3v) is 2.01. The van der Waals surface area contributed by atoms with Crippen LogP contribution < -0.4 is 5.73 Å². The zero-order chi connectivity index (χ0) is 11.4. The highest BCUT2D eigenvalue weighted by atomic mass is 16.5. The Morgan fingerprint density at radius 1 is 1.60 bits per heavy atom. The number of carboxylic acids is 1. The van der Waals surface area contributed by atoms with Gasteiger partial charge >= 0.3 is 5.97 Å². The van der Waals surface area contributed by atoms with E-state index in [-0.39, 0.29) is 11.3 Å². The lowest BCUT2D eigenvalue weighted by molar-refractivity contribution is -0.138. The summed E-state index contributed by atoms with van der Waals surface area (Å²) in [5, 5.41) is 18.2. The Hall–Kier alpha value is -1.59. The van der Waals surface area contributed by atoms with Crippen molar-refractivity contribution in [1.82, 2.24) is 0 Å². The molecule has 0 radical (unpaired) electrons. The lowest BCUT2D eigenvalue weighted by Gasteiger charge is -2.10. The first kappa shape index (κ1) is 11.5. The maximum absolute atomic E-state index is 10.6. The number of ether oxygens (including phenoxy) is 1. The number of phenolic OH excluding ortho intramolecular Hbond substituents is 1. The first-order chi connectivity index (χ1) is 7.06. The molecule has 0 fully saturated rings. The summed E-state index contributed by atoms with van der Waals surface area (Å²) in [6.45, 7) is 0.357. The highest BCUT2D eigenvalue weighted by Gasteiger charge is 2.17. The number of hydrogen-bond acceptors (Lipinski definition) is 4. The molecular weight excluding hydrogens is 198 g/mol. The van der Waals surface area contributed by atoms with Gasteiger partial charge in [0.15, 0.2) is 0 Å². The van der Waals surface area contributed by atoms with Gasteiger partial charge in [-0.3, -0.25) is 4.79 Å². The topological polar surface area (TPSA) is 92.8 Å². The molecule has 0 spiro atoms. The van der Waals surface area contributed by atoms with Gasteiger partial charge in [-0.25, -0.2) is 0 Å². The molecule has 15 heavy (non-hydrogen) atoms. The van der Waals surface area contributed by atoms with Crippen molar-refractivity contribution in [1.29, 1.82) is 0 Å². The molecule has 0 aliphatic heterocycles. The third kappa shape index (κ3) is 2.68. The van der Waals surface area contributed by atoms with E-state index in [1.54, 1.807) is 6.07 Å². The Morgan fingerprint density at radius 3 is 2.73 bits per heavy atom. The molecule has 1 rings (SSSR count). The van der Waals surface area contributed by atoms with Gasteiger partial charge in [0.2, 0.25) is 0 Å². The smallest absolute Gasteiger partial charge is 0.325 e. The van der Waals surface area contributed by atoms with Crippen LogP contribution in [-0.2, 0) is 16.1 Å². The van der Waals surface area contributed by atoms with Gasteiger partial charge in [-0.1, -0.05) is 12.1 Å². The van der Waals surface area contributed by atoms with Crippen LogP contribution in [0.3, 0.4) is 0 Å². The zero-order valence-electron chi connectivity index (χ0n) is 8.30. The SMILES string of the molecule is COCc1ccc(C(N)C(=O)O)c(O)c1. The Bertz CT molecular complexity index is 364. The molecule has 1 unspecified atom stereocenters. The minimum Gasteiger partial charge on any atom is -0.508 e. The maximum Gasteiger partial charge on any atom is 0.325 e. The fraction of sp³-hybridized carbons (Fsp3) is 0.300. The Labute approximate surface area is 87.1 Å². The van der Waals surface area contributed by atoms with Crippen LogP contribution in [0.4, 0.5) is 0 Å². The molecule has 5 heteroatoms. The average molecular weight is 211 g/mol. The summed E-state index contributed by atoms with van der Waals surface area (Å²) in [4.78, 5) is 10.6. The summed E-state index contributed by atoms with van der Waals surface area (Å²) in [6, 6.07) is 3.40. The van der Waals surface area contributed by atoms with Crippen molar-refractivity contribution >= 4 is 5.97 Å². The van der Waals surface area contributed by atoms with Crippen molar-refractivity contribution in [3.05, 3.63) is 29.3 Å².